The molecular formula is C22H39NO3. The molecule has 0 fully saturated rings. The average Bonchev–Trinajstić information content (AvgIpc) is 2.62. The molecule has 1 rings (SSSR count). The molecule has 1 atom stereocenters. The van der Waals surface area contributed by atoms with Gasteiger partial charge in [-0.05, 0) is 42.7 Å². The van der Waals surface area contributed by atoms with Crippen LogP contribution < -0.4 is 15.2 Å². The van der Waals surface area contributed by atoms with Gasteiger partial charge < -0.3 is 20.3 Å². The Labute approximate surface area is 160 Å². The summed E-state index contributed by atoms with van der Waals surface area (Å²) in [6.45, 7) is 9.36. The lowest BCUT2D eigenvalue weighted by Gasteiger charge is -2.31. The van der Waals surface area contributed by atoms with E-state index < -0.39 is 5.54 Å². The van der Waals surface area contributed by atoms with Crippen LogP contribution in [0, 0.1) is 11.8 Å². The van der Waals surface area contributed by atoms with Crippen molar-refractivity contribution in [3.8, 4) is 11.5 Å². The van der Waals surface area contributed by atoms with Gasteiger partial charge >= 0.3 is 0 Å². The van der Waals surface area contributed by atoms with Crippen LogP contribution >= 0.6 is 0 Å². The Balaban J connectivity index is 2.53. The zero-order valence-corrected chi connectivity index (χ0v) is 17.4. The molecule has 0 amide bonds. The lowest BCUT2D eigenvalue weighted by Crippen LogP contribution is -2.48. The summed E-state index contributed by atoms with van der Waals surface area (Å²) >= 11 is 0. The number of methoxy groups -OCH3 is 1. The molecule has 0 heterocycles. The molecule has 0 spiro atoms. The van der Waals surface area contributed by atoms with Crippen molar-refractivity contribution in [2.24, 2.45) is 17.6 Å². The second kappa shape index (κ2) is 11.5. The van der Waals surface area contributed by atoms with E-state index >= 15 is 0 Å². The van der Waals surface area contributed by atoms with Crippen molar-refractivity contribution < 1.29 is 14.6 Å². The first-order chi connectivity index (χ1) is 12.3. The molecule has 0 radical (unpaired) electrons. The summed E-state index contributed by atoms with van der Waals surface area (Å²) in [5.74, 6) is 2.67. The molecule has 4 nitrogen and oxygen atoms in total. The van der Waals surface area contributed by atoms with Gasteiger partial charge in [-0.2, -0.15) is 0 Å². The standard InChI is InChI=1S/C22H39NO3/c1-17(2)9-7-6-8-14-26-20-11-10-19(21(15-20)25-5)12-13-22(23,16-24)18(3)4/h10-11,15,17-18,24H,6-9,12-14,16,23H2,1-5H3. The van der Waals surface area contributed by atoms with Crippen LogP contribution in [0.4, 0.5) is 0 Å². The average molecular weight is 366 g/mol. The fourth-order valence-corrected chi connectivity index (χ4v) is 2.96. The number of rotatable bonds is 13. The third-order valence-electron chi connectivity index (χ3n) is 5.26. The molecule has 26 heavy (non-hydrogen) atoms. The highest BCUT2D eigenvalue weighted by atomic mass is 16.5. The van der Waals surface area contributed by atoms with Crippen LogP contribution in [0.3, 0.4) is 0 Å². The van der Waals surface area contributed by atoms with Crippen LogP contribution in [0.25, 0.3) is 0 Å². The summed E-state index contributed by atoms with van der Waals surface area (Å²) in [5, 5.41) is 9.62. The van der Waals surface area contributed by atoms with Crippen LogP contribution in [0.15, 0.2) is 18.2 Å². The second-order valence-corrected chi connectivity index (χ2v) is 8.11. The van der Waals surface area contributed by atoms with E-state index in [1.807, 2.05) is 32.0 Å². The van der Waals surface area contributed by atoms with Crippen LogP contribution in [0.2, 0.25) is 0 Å². The number of benzene rings is 1. The first kappa shape index (κ1) is 22.8. The molecular weight excluding hydrogens is 326 g/mol. The highest BCUT2D eigenvalue weighted by Gasteiger charge is 2.28. The van der Waals surface area contributed by atoms with E-state index in [4.69, 9.17) is 15.2 Å². The molecule has 3 N–H and O–H groups in total. The van der Waals surface area contributed by atoms with Gasteiger partial charge in [0.15, 0.2) is 0 Å². The van der Waals surface area contributed by atoms with E-state index in [0.29, 0.717) is 6.42 Å². The van der Waals surface area contributed by atoms with Gasteiger partial charge in [-0.25, -0.2) is 0 Å². The molecule has 0 aromatic heterocycles. The zero-order chi connectivity index (χ0) is 19.6. The van der Waals surface area contributed by atoms with E-state index in [2.05, 4.69) is 13.8 Å². The molecule has 1 aromatic carbocycles. The lowest BCUT2D eigenvalue weighted by atomic mass is 9.83. The molecule has 0 saturated heterocycles. The zero-order valence-electron chi connectivity index (χ0n) is 17.4. The smallest absolute Gasteiger partial charge is 0.125 e. The van der Waals surface area contributed by atoms with Crippen molar-refractivity contribution in [3.63, 3.8) is 0 Å². The summed E-state index contributed by atoms with van der Waals surface area (Å²) in [4.78, 5) is 0. The second-order valence-electron chi connectivity index (χ2n) is 8.11. The van der Waals surface area contributed by atoms with Crippen molar-refractivity contribution in [2.45, 2.75) is 71.8 Å². The van der Waals surface area contributed by atoms with Gasteiger partial charge in [0.2, 0.25) is 0 Å². The highest BCUT2D eigenvalue weighted by molar-refractivity contribution is 5.41. The Hall–Kier alpha value is -1.26. The van der Waals surface area contributed by atoms with Crippen LogP contribution in [0.5, 0.6) is 11.5 Å². The van der Waals surface area contributed by atoms with E-state index in [1.54, 1.807) is 7.11 Å². The monoisotopic (exact) mass is 365 g/mol. The summed E-state index contributed by atoms with van der Waals surface area (Å²) in [7, 11) is 1.68. The molecule has 0 bridgehead atoms. The first-order valence-corrected chi connectivity index (χ1v) is 10.0. The molecule has 0 aliphatic rings. The quantitative estimate of drug-likeness (QED) is 0.503. The number of hydrogen-bond acceptors (Lipinski definition) is 4. The Morgan fingerprint density at radius 2 is 1.85 bits per heavy atom. The maximum Gasteiger partial charge on any atom is 0.125 e. The van der Waals surface area contributed by atoms with E-state index in [1.165, 1.54) is 19.3 Å². The van der Waals surface area contributed by atoms with Gasteiger partial charge in [0, 0.05) is 11.6 Å². The number of aryl methyl sites for hydroxylation is 1. The van der Waals surface area contributed by atoms with Gasteiger partial charge in [-0.15, -0.1) is 0 Å². The van der Waals surface area contributed by atoms with Gasteiger partial charge in [-0.3, -0.25) is 0 Å². The van der Waals surface area contributed by atoms with Crippen molar-refractivity contribution in [3.05, 3.63) is 23.8 Å². The fraction of sp³-hybridized carbons (Fsp3) is 0.727. The number of aliphatic hydroxyl groups excluding tert-OH is 1. The number of aliphatic hydroxyl groups is 1. The van der Waals surface area contributed by atoms with Crippen molar-refractivity contribution >= 4 is 0 Å². The lowest BCUT2D eigenvalue weighted by molar-refractivity contribution is 0.146. The molecule has 0 saturated carbocycles. The highest BCUT2D eigenvalue weighted by Crippen LogP contribution is 2.28. The Bertz CT molecular complexity index is 516. The SMILES string of the molecule is COc1cc(OCCCCCC(C)C)ccc1CCC(N)(CO)C(C)C. The van der Waals surface area contributed by atoms with Crippen LogP contribution in [-0.4, -0.2) is 31.0 Å². The molecule has 4 heteroatoms. The summed E-state index contributed by atoms with van der Waals surface area (Å²) in [6.07, 6.45) is 6.33. The van der Waals surface area contributed by atoms with Crippen LogP contribution in [0.1, 0.15) is 65.4 Å². The normalized spacial score (nSPS) is 13.9. The minimum atomic E-state index is -0.559. The third kappa shape index (κ3) is 7.55. The number of unbranched alkanes of at least 4 members (excludes halogenated alkanes) is 2. The Morgan fingerprint density at radius 3 is 2.42 bits per heavy atom. The number of nitrogens with two attached hydrogens (primary N) is 1. The topological polar surface area (TPSA) is 64.7 Å². The Morgan fingerprint density at radius 1 is 1.12 bits per heavy atom. The van der Waals surface area contributed by atoms with E-state index in [9.17, 15) is 5.11 Å². The number of ether oxygens (including phenoxy) is 2. The van der Waals surface area contributed by atoms with Gasteiger partial charge in [0.1, 0.15) is 11.5 Å². The molecule has 0 aliphatic heterocycles. The minimum Gasteiger partial charge on any atom is -0.496 e. The minimum absolute atomic E-state index is 0.00894. The van der Waals surface area contributed by atoms with E-state index in [0.717, 1.165) is 42.4 Å². The summed E-state index contributed by atoms with van der Waals surface area (Å²) < 4.78 is 11.4. The van der Waals surface area contributed by atoms with Crippen molar-refractivity contribution in [1.82, 2.24) is 0 Å². The molecule has 1 unspecified atom stereocenters. The maximum atomic E-state index is 9.62. The molecule has 1 aromatic rings. The van der Waals surface area contributed by atoms with Crippen LogP contribution in [-0.2, 0) is 6.42 Å². The first-order valence-electron chi connectivity index (χ1n) is 10.0. The van der Waals surface area contributed by atoms with Gasteiger partial charge in [0.25, 0.3) is 0 Å². The third-order valence-corrected chi connectivity index (χ3v) is 5.26. The summed E-state index contributed by atoms with van der Waals surface area (Å²) in [5.41, 5.74) is 6.86. The molecule has 150 valence electrons. The Kier molecular flexibility index (Phi) is 10.0. The maximum absolute atomic E-state index is 9.62. The van der Waals surface area contributed by atoms with Crippen molar-refractivity contribution in [1.29, 1.82) is 0 Å². The number of hydrogen-bond donors (Lipinski definition) is 2. The predicted molar refractivity (Wildman–Crippen MR) is 109 cm³/mol. The van der Waals surface area contributed by atoms with E-state index in [-0.39, 0.29) is 12.5 Å². The largest absolute Gasteiger partial charge is 0.496 e. The van der Waals surface area contributed by atoms with Crippen molar-refractivity contribution in [2.75, 3.05) is 20.3 Å². The summed E-state index contributed by atoms with van der Waals surface area (Å²) in [6, 6.07) is 6.00. The molecule has 0 aliphatic carbocycles. The predicted octanol–water partition coefficient (Wildman–Crippen LogP) is 4.57. The van der Waals surface area contributed by atoms with Gasteiger partial charge in [-0.1, -0.05) is 53.0 Å². The fourth-order valence-electron chi connectivity index (χ4n) is 2.96. The van der Waals surface area contributed by atoms with Gasteiger partial charge in [0.05, 0.1) is 20.3 Å².